The van der Waals surface area contributed by atoms with Crippen molar-refractivity contribution in [2.45, 2.75) is 31.1 Å². The van der Waals surface area contributed by atoms with E-state index in [0.717, 1.165) is 29.3 Å². The number of halogens is 1. The molecule has 1 amide bonds. The second-order valence-corrected chi connectivity index (χ2v) is 6.94. The minimum atomic E-state index is -0.792. The Kier molecular flexibility index (Phi) is 3.78. The molecule has 0 radical (unpaired) electrons. The highest BCUT2D eigenvalue weighted by Crippen LogP contribution is 2.50. The summed E-state index contributed by atoms with van der Waals surface area (Å²) in [6.07, 6.45) is 3.16. The first-order chi connectivity index (χ1) is 10.0. The predicted molar refractivity (Wildman–Crippen MR) is 82.0 cm³/mol. The van der Waals surface area contributed by atoms with Crippen molar-refractivity contribution in [1.82, 2.24) is 4.90 Å². The summed E-state index contributed by atoms with van der Waals surface area (Å²) in [4.78, 5) is 25.8. The molecular weight excluding hydrogens is 334 g/mol. The summed E-state index contributed by atoms with van der Waals surface area (Å²) in [5.41, 5.74) is 0.629. The minimum absolute atomic E-state index is 0.103. The van der Waals surface area contributed by atoms with Gasteiger partial charge in [-0.15, -0.1) is 0 Å². The van der Waals surface area contributed by atoms with Crippen LogP contribution < -0.4 is 0 Å². The third kappa shape index (κ3) is 2.71. The monoisotopic (exact) mass is 351 g/mol. The van der Waals surface area contributed by atoms with Crippen molar-refractivity contribution in [2.24, 2.45) is 5.92 Å². The molecule has 21 heavy (non-hydrogen) atoms. The molecule has 1 atom stereocenters. The van der Waals surface area contributed by atoms with E-state index in [1.165, 1.54) is 0 Å². The Hall–Kier alpha value is -1.36. The molecule has 1 heterocycles. The van der Waals surface area contributed by atoms with Crippen molar-refractivity contribution in [2.75, 3.05) is 13.1 Å². The Labute approximate surface area is 132 Å². The van der Waals surface area contributed by atoms with E-state index in [-0.39, 0.29) is 5.91 Å². The molecule has 2 fully saturated rings. The highest BCUT2D eigenvalue weighted by atomic mass is 79.9. The first-order valence-corrected chi connectivity index (χ1v) is 8.10. The van der Waals surface area contributed by atoms with Gasteiger partial charge in [-0.25, -0.2) is 0 Å². The molecule has 1 aliphatic heterocycles. The zero-order valence-electron chi connectivity index (χ0n) is 11.7. The van der Waals surface area contributed by atoms with Crippen molar-refractivity contribution < 1.29 is 14.7 Å². The molecule has 4 nitrogen and oxygen atoms in total. The van der Waals surface area contributed by atoms with Crippen LogP contribution in [0.2, 0.25) is 0 Å². The predicted octanol–water partition coefficient (Wildman–Crippen LogP) is 2.80. The topological polar surface area (TPSA) is 57.6 Å². The number of carboxylic acid groups (broad SMARTS) is 1. The van der Waals surface area contributed by atoms with Gasteiger partial charge in [-0.05, 0) is 43.4 Å². The number of likely N-dealkylation sites (tertiary alicyclic amines) is 1. The lowest BCUT2D eigenvalue weighted by Crippen LogP contribution is -2.46. The lowest BCUT2D eigenvalue weighted by atomic mass is 9.91. The Morgan fingerprint density at radius 3 is 2.71 bits per heavy atom. The van der Waals surface area contributed by atoms with Crippen LogP contribution in [0.15, 0.2) is 28.7 Å². The maximum Gasteiger partial charge on any atom is 0.308 e. The van der Waals surface area contributed by atoms with Crippen LogP contribution in [0.5, 0.6) is 0 Å². The molecule has 1 aromatic carbocycles. The Balaban J connectivity index is 1.80. The number of carbonyl (C=O) groups excluding carboxylic acids is 1. The van der Waals surface area contributed by atoms with Crippen LogP contribution >= 0.6 is 15.9 Å². The largest absolute Gasteiger partial charge is 0.481 e. The van der Waals surface area contributed by atoms with Gasteiger partial charge in [0.25, 0.3) is 0 Å². The number of piperidine rings is 1. The second kappa shape index (κ2) is 5.44. The van der Waals surface area contributed by atoms with Gasteiger partial charge < -0.3 is 10.0 Å². The summed E-state index contributed by atoms with van der Waals surface area (Å²) in [7, 11) is 0. The molecule has 0 spiro atoms. The summed E-state index contributed by atoms with van der Waals surface area (Å²) >= 11 is 3.45. The van der Waals surface area contributed by atoms with E-state index in [0.29, 0.717) is 19.5 Å². The molecule has 1 aliphatic carbocycles. The zero-order valence-corrected chi connectivity index (χ0v) is 13.3. The van der Waals surface area contributed by atoms with Crippen LogP contribution in [-0.2, 0) is 15.0 Å². The van der Waals surface area contributed by atoms with E-state index >= 15 is 0 Å². The van der Waals surface area contributed by atoms with E-state index in [1.54, 1.807) is 4.90 Å². The number of benzene rings is 1. The summed E-state index contributed by atoms with van der Waals surface area (Å²) in [6.45, 7) is 1.03. The van der Waals surface area contributed by atoms with Gasteiger partial charge in [0.1, 0.15) is 0 Å². The summed E-state index contributed by atoms with van der Waals surface area (Å²) in [6, 6.07) is 7.90. The third-order valence-corrected chi connectivity index (χ3v) is 5.09. The van der Waals surface area contributed by atoms with Crippen LogP contribution in [0, 0.1) is 5.92 Å². The smallest absolute Gasteiger partial charge is 0.308 e. The van der Waals surface area contributed by atoms with Crippen LogP contribution in [0.1, 0.15) is 31.2 Å². The highest BCUT2D eigenvalue weighted by molar-refractivity contribution is 9.10. The fourth-order valence-corrected chi connectivity index (χ4v) is 3.60. The standard InChI is InChI=1S/C16H18BrNO3/c17-13-5-1-4-12(9-13)16(6-7-16)15(21)18-8-2-3-11(10-18)14(19)20/h1,4-5,9,11H,2-3,6-8,10H2,(H,19,20). The van der Waals surface area contributed by atoms with Crippen molar-refractivity contribution in [1.29, 1.82) is 0 Å². The van der Waals surface area contributed by atoms with Gasteiger partial charge >= 0.3 is 5.97 Å². The van der Waals surface area contributed by atoms with Gasteiger partial charge in [-0.1, -0.05) is 28.1 Å². The highest BCUT2D eigenvalue weighted by Gasteiger charge is 2.53. The number of hydrogen-bond acceptors (Lipinski definition) is 2. The van der Waals surface area contributed by atoms with E-state index in [2.05, 4.69) is 15.9 Å². The van der Waals surface area contributed by atoms with E-state index in [9.17, 15) is 9.59 Å². The van der Waals surface area contributed by atoms with Gasteiger partial charge in [-0.2, -0.15) is 0 Å². The molecule has 1 unspecified atom stereocenters. The van der Waals surface area contributed by atoms with Gasteiger partial charge in [0.15, 0.2) is 0 Å². The molecule has 112 valence electrons. The summed E-state index contributed by atoms with van der Waals surface area (Å²) < 4.78 is 0.973. The molecule has 5 heteroatoms. The molecule has 2 aliphatic rings. The summed E-state index contributed by atoms with van der Waals surface area (Å²) in [5, 5.41) is 9.17. The van der Waals surface area contributed by atoms with Crippen LogP contribution in [0.3, 0.4) is 0 Å². The van der Waals surface area contributed by atoms with Gasteiger partial charge in [0, 0.05) is 17.6 Å². The maximum absolute atomic E-state index is 12.9. The first-order valence-electron chi connectivity index (χ1n) is 7.31. The minimum Gasteiger partial charge on any atom is -0.481 e. The van der Waals surface area contributed by atoms with Gasteiger partial charge in [0.05, 0.1) is 11.3 Å². The SMILES string of the molecule is O=C(O)C1CCCN(C(=O)C2(c3cccc(Br)c3)CC2)C1. The van der Waals surface area contributed by atoms with Crippen LogP contribution in [-0.4, -0.2) is 35.0 Å². The fourth-order valence-electron chi connectivity index (χ4n) is 3.20. The lowest BCUT2D eigenvalue weighted by Gasteiger charge is -2.33. The molecule has 1 aromatic rings. The Morgan fingerprint density at radius 1 is 1.33 bits per heavy atom. The van der Waals surface area contributed by atoms with E-state index in [4.69, 9.17) is 5.11 Å². The van der Waals surface area contributed by atoms with Crippen LogP contribution in [0.4, 0.5) is 0 Å². The average Bonchev–Trinajstić information content (AvgIpc) is 3.28. The van der Waals surface area contributed by atoms with E-state index < -0.39 is 17.3 Å². The molecular formula is C16H18BrNO3. The zero-order chi connectivity index (χ0) is 15.0. The number of amides is 1. The van der Waals surface area contributed by atoms with Crippen LogP contribution in [0.25, 0.3) is 0 Å². The molecule has 0 bridgehead atoms. The Bertz CT molecular complexity index is 583. The number of carbonyl (C=O) groups is 2. The van der Waals surface area contributed by atoms with Crippen molar-refractivity contribution in [3.8, 4) is 0 Å². The van der Waals surface area contributed by atoms with Crippen molar-refractivity contribution in [3.63, 3.8) is 0 Å². The number of nitrogens with zero attached hydrogens (tertiary/aromatic N) is 1. The third-order valence-electron chi connectivity index (χ3n) is 4.59. The van der Waals surface area contributed by atoms with E-state index in [1.807, 2.05) is 24.3 Å². The van der Waals surface area contributed by atoms with Crippen molar-refractivity contribution in [3.05, 3.63) is 34.3 Å². The number of rotatable bonds is 3. The molecule has 3 rings (SSSR count). The second-order valence-electron chi connectivity index (χ2n) is 6.02. The first kappa shape index (κ1) is 14.6. The molecule has 1 saturated carbocycles. The average molecular weight is 352 g/mol. The normalized spacial score (nSPS) is 23.7. The Morgan fingerprint density at radius 2 is 2.10 bits per heavy atom. The fraction of sp³-hybridized carbons (Fsp3) is 0.500. The van der Waals surface area contributed by atoms with Gasteiger partial charge in [0.2, 0.25) is 5.91 Å². The quantitative estimate of drug-likeness (QED) is 0.910. The number of carboxylic acids is 1. The number of hydrogen-bond donors (Lipinski definition) is 1. The molecule has 1 saturated heterocycles. The van der Waals surface area contributed by atoms with Crippen molar-refractivity contribution >= 4 is 27.8 Å². The lowest BCUT2D eigenvalue weighted by molar-refractivity contribution is -0.146. The molecule has 0 aromatic heterocycles. The summed E-state index contributed by atoms with van der Waals surface area (Å²) in [5.74, 6) is -1.10. The molecule has 1 N–H and O–H groups in total. The number of aliphatic carboxylic acids is 1. The van der Waals surface area contributed by atoms with Gasteiger partial charge in [-0.3, -0.25) is 9.59 Å². The maximum atomic E-state index is 12.9.